The Balaban J connectivity index is 1.30. The van der Waals surface area contributed by atoms with E-state index in [9.17, 15) is 14.7 Å². The summed E-state index contributed by atoms with van der Waals surface area (Å²) in [5, 5.41) is 21.4. The standard InChI is InChI=1S/C22H29NO4S2/c24-19-7-6-15(10-16-12-22(16,27)11-14-4-2-1-3-5-14)17(19)8-9-28-21-23-18(13-29-21)20(25)26/h10,13-15,17,27H,1-9,11-12H2,(H,25,26)/b16-10-/t15-,17-,22+/m1/s1. The van der Waals surface area contributed by atoms with Gasteiger partial charge in [0, 0.05) is 29.9 Å². The van der Waals surface area contributed by atoms with Crippen LogP contribution < -0.4 is 0 Å². The summed E-state index contributed by atoms with van der Waals surface area (Å²) in [6.45, 7) is 0. The third-order valence-corrected chi connectivity index (χ3v) is 8.79. The van der Waals surface area contributed by atoms with Crippen LogP contribution in [0.4, 0.5) is 0 Å². The molecule has 0 spiro atoms. The zero-order chi connectivity index (χ0) is 20.4. The van der Waals surface area contributed by atoms with Gasteiger partial charge < -0.3 is 10.2 Å². The molecule has 4 rings (SSSR count). The lowest BCUT2D eigenvalue weighted by atomic mass is 9.84. The third-order valence-electron chi connectivity index (χ3n) is 6.73. The smallest absolute Gasteiger partial charge is 0.355 e. The average Bonchev–Trinajstić information content (AvgIpc) is 3.01. The first-order chi connectivity index (χ1) is 13.9. The molecule has 0 unspecified atom stereocenters. The minimum atomic E-state index is -1.00. The van der Waals surface area contributed by atoms with Crippen molar-refractivity contribution >= 4 is 34.9 Å². The molecule has 1 aromatic heterocycles. The second-order valence-electron chi connectivity index (χ2n) is 8.82. The predicted octanol–water partition coefficient (Wildman–Crippen LogP) is 4.95. The molecule has 3 aliphatic rings. The van der Waals surface area contributed by atoms with Gasteiger partial charge in [-0.3, -0.25) is 4.79 Å². The molecule has 0 bridgehead atoms. The van der Waals surface area contributed by atoms with Crippen LogP contribution >= 0.6 is 23.1 Å². The molecule has 7 heteroatoms. The van der Waals surface area contributed by atoms with Crippen molar-refractivity contribution < 1.29 is 19.8 Å². The first kappa shape index (κ1) is 21.1. The number of aromatic carboxylic acids is 1. The lowest BCUT2D eigenvalue weighted by Crippen LogP contribution is -2.18. The van der Waals surface area contributed by atoms with Crippen molar-refractivity contribution in [2.45, 2.75) is 74.1 Å². The Morgan fingerprint density at radius 2 is 2.10 bits per heavy atom. The molecule has 0 amide bonds. The summed E-state index contributed by atoms with van der Waals surface area (Å²) in [5.41, 5.74) is 0.649. The number of hydrogen-bond donors (Lipinski definition) is 2. The maximum Gasteiger partial charge on any atom is 0.355 e. The van der Waals surface area contributed by atoms with Gasteiger partial charge in [-0.15, -0.1) is 11.3 Å². The fraction of sp³-hybridized carbons (Fsp3) is 0.682. The minimum Gasteiger partial charge on any atom is -0.476 e. The van der Waals surface area contributed by atoms with Crippen LogP contribution in [-0.4, -0.2) is 38.3 Å². The molecule has 3 saturated carbocycles. The first-order valence-electron chi connectivity index (χ1n) is 10.7. The molecule has 1 heterocycles. The van der Waals surface area contributed by atoms with E-state index < -0.39 is 11.6 Å². The lowest BCUT2D eigenvalue weighted by Gasteiger charge is -2.23. The van der Waals surface area contributed by atoms with Gasteiger partial charge >= 0.3 is 5.97 Å². The van der Waals surface area contributed by atoms with Gasteiger partial charge in [0.05, 0.1) is 5.60 Å². The normalized spacial score (nSPS) is 31.5. The van der Waals surface area contributed by atoms with E-state index in [0.717, 1.165) is 41.3 Å². The quantitative estimate of drug-likeness (QED) is 0.444. The van der Waals surface area contributed by atoms with Crippen molar-refractivity contribution in [3.8, 4) is 0 Å². The monoisotopic (exact) mass is 435 g/mol. The highest BCUT2D eigenvalue weighted by Gasteiger charge is 2.49. The van der Waals surface area contributed by atoms with Gasteiger partial charge in [-0.25, -0.2) is 9.78 Å². The summed E-state index contributed by atoms with van der Waals surface area (Å²) >= 11 is 2.87. The highest BCUT2D eigenvalue weighted by atomic mass is 32.2. The summed E-state index contributed by atoms with van der Waals surface area (Å²) in [7, 11) is 0. The fourth-order valence-corrected chi connectivity index (χ4v) is 6.91. The summed E-state index contributed by atoms with van der Waals surface area (Å²) in [4.78, 5) is 27.4. The van der Waals surface area contributed by atoms with Crippen molar-refractivity contribution in [1.82, 2.24) is 4.98 Å². The Kier molecular flexibility index (Phi) is 6.47. The van der Waals surface area contributed by atoms with E-state index in [1.54, 1.807) is 5.38 Å². The van der Waals surface area contributed by atoms with Crippen molar-refractivity contribution in [1.29, 1.82) is 0 Å². The number of carbonyl (C=O) groups excluding carboxylic acids is 1. The maximum atomic E-state index is 12.4. The van der Waals surface area contributed by atoms with E-state index in [-0.39, 0.29) is 17.5 Å². The number of nitrogens with zero attached hydrogens (tertiary/aromatic N) is 1. The van der Waals surface area contributed by atoms with E-state index in [1.807, 2.05) is 0 Å². The molecule has 0 aliphatic heterocycles. The number of rotatable bonds is 8. The number of aromatic nitrogens is 1. The summed E-state index contributed by atoms with van der Waals surface area (Å²) in [6, 6.07) is 0. The number of carboxylic acid groups (broad SMARTS) is 1. The number of allylic oxidation sites excluding steroid dienone is 1. The zero-order valence-electron chi connectivity index (χ0n) is 16.6. The van der Waals surface area contributed by atoms with Crippen LogP contribution in [0.15, 0.2) is 21.4 Å². The molecular formula is C22H29NO4S2. The molecule has 3 atom stereocenters. The molecule has 0 aromatic carbocycles. The van der Waals surface area contributed by atoms with Crippen LogP contribution in [0.5, 0.6) is 0 Å². The SMILES string of the molecule is O=C(O)c1csc(SCC[C@H]2C(=O)CC[C@@H]2/C=C2/C[C@@]2(O)CC2CCCCC2)n1. The van der Waals surface area contributed by atoms with Crippen molar-refractivity contribution in [3.63, 3.8) is 0 Å². The largest absolute Gasteiger partial charge is 0.476 e. The number of hydrogen-bond acceptors (Lipinski definition) is 6. The first-order valence-corrected chi connectivity index (χ1v) is 12.6. The predicted molar refractivity (Wildman–Crippen MR) is 114 cm³/mol. The number of carboxylic acids is 1. The topological polar surface area (TPSA) is 87.5 Å². The molecule has 0 radical (unpaired) electrons. The van der Waals surface area contributed by atoms with E-state index in [2.05, 4.69) is 11.1 Å². The van der Waals surface area contributed by atoms with Crippen molar-refractivity contribution in [2.24, 2.45) is 17.8 Å². The van der Waals surface area contributed by atoms with E-state index in [4.69, 9.17) is 5.11 Å². The van der Waals surface area contributed by atoms with Crippen molar-refractivity contribution in [2.75, 3.05) is 5.75 Å². The number of ketones is 1. The van der Waals surface area contributed by atoms with E-state index in [0.29, 0.717) is 18.1 Å². The van der Waals surface area contributed by atoms with Gasteiger partial charge in [0.1, 0.15) is 5.78 Å². The number of thiazole rings is 1. The average molecular weight is 436 g/mol. The lowest BCUT2D eigenvalue weighted by molar-refractivity contribution is -0.121. The molecule has 158 valence electrons. The summed E-state index contributed by atoms with van der Waals surface area (Å²) in [6.07, 6.45) is 12.6. The van der Waals surface area contributed by atoms with Gasteiger partial charge in [-0.1, -0.05) is 49.9 Å². The minimum absolute atomic E-state index is 0.0217. The number of Topliss-reactive ketones (excluding diaryl/α,β-unsaturated/α-hetero) is 1. The Morgan fingerprint density at radius 3 is 2.83 bits per heavy atom. The van der Waals surface area contributed by atoms with Crippen LogP contribution in [0.3, 0.4) is 0 Å². The van der Waals surface area contributed by atoms with Crippen LogP contribution in [0, 0.1) is 17.8 Å². The Hall–Kier alpha value is -1.18. The van der Waals surface area contributed by atoms with E-state index in [1.165, 1.54) is 55.2 Å². The highest BCUT2D eigenvalue weighted by molar-refractivity contribution is 8.01. The van der Waals surface area contributed by atoms with Crippen LogP contribution in [0.1, 0.15) is 74.7 Å². The second kappa shape index (κ2) is 8.90. The second-order valence-corrected chi connectivity index (χ2v) is 11.0. The van der Waals surface area contributed by atoms with Gasteiger partial charge in [-0.05, 0) is 36.7 Å². The fourth-order valence-electron chi connectivity index (χ4n) is 5.02. The summed E-state index contributed by atoms with van der Waals surface area (Å²) < 4.78 is 0.742. The van der Waals surface area contributed by atoms with Crippen LogP contribution in [0.25, 0.3) is 0 Å². The van der Waals surface area contributed by atoms with Gasteiger partial charge in [-0.2, -0.15) is 0 Å². The van der Waals surface area contributed by atoms with Crippen molar-refractivity contribution in [3.05, 3.63) is 22.7 Å². The summed E-state index contributed by atoms with van der Waals surface area (Å²) in [5.74, 6) is 1.00. The Bertz CT molecular complexity index is 798. The molecule has 1 aromatic rings. The molecule has 0 saturated heterocycles. The highest BCUT2D eigenvalue weighted by Crippen LogP contribution is 2.51. The molecule has 3 fully saturated rings. The Labute approximate surface area is 180 Å². The van der Waals surface area contributed by atoms with E-state index >= 15 is 0 Å². The van der Waals surface area contributed by atoms with Gasteiger partial charge in [0.15, 0.2) is 10.0 Å². The van der Waals surface area contributed by atoms with Crippen LogP contribution in [-0.2, 0) is 4.79 Å². The molecule has 2 N–H and O–H groups in total. The van der Waals surface area contributed by atoms with Gasteiger partial charge in [0.2, 0.25) is 0 Å². The molecule has 3 aliphatic carbocycles. The number of thioether (sulfide) groups is 1. The molecular weight excluding hydrogens is 406 g/mol. The number of aliphatic hydroxyl groups is 1. The van der Waals surface area contributed by atoms with Gasteiger partial charge in [0.25, 0.3) is 0 Å². The zero-order valence-corrected chi connectivity index (χ0v) is 18.3. The Morgan fingerprint density at radius 1 is 1.31 bits per heavy atom. The third kappa shape index (κ3) is 5.12. The number of carbonyl (C=O) groups is 2. The molecule has 29 heavy (non-hydrogen) atoms. The maximum absolute atomic E-state index is 12.4. The van der Waals surface area contributed by atoms with Crippen LogP contribution in [0.2, 0.25) is 0 Å². The molecule has 5 nitrogen and oxygen atoms in total.